The van der Waals surface area contributed by atoms with Crippen molar-refractivity contribution in [2.24, 2.45) is 0 Å². The highest BCUT2D eigenvalue weighted by Gasteiger charge is 2.20. The Morgan fingerprint density at radius 1 is 0.405 bits per heavy atom. The van der Waals surface area contributed by atoms with Crippen molar-refractivity contribution in [2.45, 2.75) is 0 Å². The average Bonchev–Trinajstić information content (AvgIpc) is 3.58. The number of aromatic nitrogens is 1. The Bertz CT molecular complexity index is 2390. The van der Waals surface area contributed by atoms with Gasteiger partial charge in [0.15, 0.2) is 0 Å². The summed E-state index contributed by atoms with van der Waals surface area (Å²) in [6.07, 6.45) is 0. The largest absolute Gasteiger partial charge is 0.301 e. The van der Waals surface area contributed by atoms with Gasteiger partial charge in [0, 0.05) is 26.5 Å². The molecule has 0 unspecified atom stereocenters. The molecule has 0 radical (unpaired) electrons. The van der Waals surface area contributed by atoms with Crippen LogP contribution < -0.4 is 0 Å². The van der Waals surface area contributed by atoms with Gasteiger partial charge in [-0.3, -0.25) is 0 Å². The van der Waals surface area contributed by atoms with Crippen molar-refractivity contribution in [3.05, 3.63) is 152 Å². The molecule has 0 aliphatic rings. The number of para-hydroxylation sites is 2. The smallest absolute Gasteiger partial charge is 0.109 e. The van der Waals surface area contributed by atoms with Gasteiger partial charge in [-0.1, -0.05) is 121 Å². The van der Waals surface area contributed by atoms with Crippen molar-refractivity contribution >= 4 is 64.1 Å². The lowest BCUT2D eigenvalue weighted by atomic mass is 9.86. The van der Waals surface area contributed by atoms with Crippen molar-refractivity contribution in [2.75, 3.05) is 0 Å². The first-order chi connectivity index (χ1) is 20.9. The second-order valence-corrected chi connectivity index (χ2v) is 11.9. The second kappa shape index (κ2) is 9.17. The highest BCUT2D eigenvalue weighted by molar-refractivity contribution is 7.25. The van der Waals surface area contributed by atoms with Gasteiger partial charge in [-0.2, -0.15) is 0 Å². The van der Waals surface area contributed by atoms with Crippen molar-refractivity contribution in [1.29, 1.82) is 0 Å². The van der Waals surface area contributed by atoms with Crippen LogP contribution in [0.4, 0.5) is 0 Å². The first kappa shape index (κ1) is 23.5. The van der Waals surface area contributed by atoms with E-state index >= 15 is 0 Å². The zero-order chi connectivity index (χ0) is 27.6. The molecule has 0 amide bonds. The van der Waals surface area contributed by atoms with E-state index in [1.54, 1.807) is 0 Å². The molecule has 0 aliphatic heterocycles. The number of nitrogens with zero attached hydrogens (tertiary/aromatic N) is 1. The van der Waals surface area contributed by atoms with Crippen LogP contribution in [0.3, 0.4) is 0 Å². The van der Waals surface area contributed by atoms with Crippen LogP contribution in [0.5, 0.6) is 0 Å². The fourth-order valence-electron chi connectivity index (χ4n) is 6.84. The molecule has 7 aromatic carbocycles. The van der Waals surface area contributed by atoms with Crippen molar-refractivity contribution in [3.8, 4) is 27.9 Å². The predicted molar refractivity (Wildman–Crippen MR) is 182 cm³/mol. The molecule has 0 saturated heterocycles. The quantitative estimate of drug-likeness (QED) is 0.192. The number of thiophene rings is 1. The highest BCUT2D eigenvalue weighted by atomic mass is 32.1. The summed E-state index contributed by atoms with van der Waals surface area (Å²) >= 11 is 1.88. The van der Waals surface area contributed by atoms with Crippen molar-refractivity contribution in [1.82, 2.24) is 4.57 Å². The van der Waals surface area contributed by atoms with Gasteiger partial charge >= 0.3 is 0 Å². The number of rotatable bonds is 3. The van der Waals surface area contributed by atoms with Gasteiger partial charge in [0.2, 0.25) is 0 Å². The second-order valence-electron chi connectivity index (χ2n) is 10.9. The Balaban J connectivity index is 1.39. The molecule has 9 rings (SSSR count). The van der Waals surface area contributed by atoms with E-state index in [2.05, 4.69) is 156 Å². The van der Waals surface area contributed by atoms with Gasteiger partial charge in [0.1, 0.15) is 4.83 Å². The fourth-order valence-corrected chi connectivity index (χ4v) is 8.07. The first-order valence-electron chi connectivity index (χ1n) is 14.4. The number of fused-ring (bicyclic) bond motifs is 7. The van der Waals surface area contributed by atoms with Crippen LogP contribution in [0.1, 0.15) is 0 Å². The van der Waals surface area contributed by atoms with Crippen LogP contribution in [0, 0.1) is 0 Å². The van der Waals surface area contributed by atoms with Crippen LogP contribution >= 0.6 is 11.3 Å². The zero-order valence-electron chi connectivity index (χ0n) is 22.8. The molecular formula is C40H25NS. The minimum absolute atomic E-state index is 1.20. The Morgan fingerprint density at radius 3 is 1.57 bits per heavy atom. The molecule has 0 bridgehead atoms. The lowest BCUT2D eigenvalue weighted by Gasteiger charge is -2.17. The normalized spacial score (nSPS) is 11.8. The summed E-state index contributed by atoms with van der Waals surface area (Å²) in [6, 6.07) is 55.3. The van der Waals surface area contributed by atoms with E-state index in [1.807, 2.05) is 11.3 Å². The van der Waals surface area contributed by atoms with E-state index in [9.17, 15) is 0 Å². The standard InChI is InChI=1S/C40H25NS/c1-3-13-26(14-4-1)37-29-17-7-9-19-31(29)38(32-20-10-8-18-30(32)37)27-23-24-36-34(25-27)39-33-21-11-12-22-35(33)41(40(39)42-36)28-15-5-2-6-16-28/h1-25H. The molecule has 0 aliphatic carbocycles. The minimum atomic E-state index is 1.20. The lowest BCUT2D eigenvalue weighted by Crippen LogP contribution is -1.91. The maximum Gasteiger partial charge on any atom is 0.109 e. The predicted octanol–water partition coefficient (Wildman–Crippen LogP) is 11.6. The zero-order valence-corrected chi connectivity index (χ0v) is 23.6. The molecule has 0 spiro atoms. The third kappa shape index (κ3) is 3.36. The molecule has 2 aromatic heterocycles. The molecule has 0 N–H and O–H groups in total. The summed E-state index contributed by atoms with van der Waals surface area (Å²) in [5.41, 5.74) is 7.56. The molecular weight excluding hydrogens is 527 g/mol. The monoisotopic (exact) mass is 551 g/mol. The minimum Gasteiger partial charge on any atom is -0.301 e. The maximum atomic E-state index is 2.44. The number of hydrogen-bond acceptors (Lipinski definition) is 1. The van der Waals surface area contributed by atoms with Crippen molar-refractivity contribution < 1.29 is 0 Å². The molecule has 0 saturated carbocycles. The van der Waals surface area contributed by atoms with E-state index in [4.69, 9.17) is 0 Å². The Morgan fingerprint density at radius 2 is 0.929 bits per heavy atom. The molecule has 42 heavy (non-hydrogen) atoms. The average molecular weight is 552 g/mol. The van der Waals surface area contributed by atoms with E-state index in [0.29, 0.717) is 0 Å². The Labute approximate surface area is 247 Å². The third-order valence-corrected chi connectivity index (χ3v) is 9.74. The summed E-state index contributed by atoms with van der Waals surface area (Å²) in [5.74, 6) is 0. The van der Waals surface area contributed by atoms with Crippen molar-refractivity contribution in [3.63, 3.8) is 0 Å². The highest BCUT2D eigenvalue weighted by Crippen LogP contribution is 2.47. The molecule has 196 valence electrons. The Kier molecular flexibility index (Phi) is 5.13. The van der Waals surface area contributed by atoms with Crippen LogP contribution in [0.2, 0.25) is 0 Å². The fraction of sp³-hybridized carbons (Fsp3) is 0. The number of benzene rings is 7. The summed E-state index contributed by atoms with van der Waals surface area (Å²) in [7, 11) is 0. The van der Waals surface area contributed by atoms with E-state index in [0.717, 1.165) is 0 Å². The molecule has 9 aromatic rings. The summed E-state index contributed by atoms with van der Waals surface area (Å²) in [6.45, 7) is 0. The van der Waals surface area contributed by atoms with Gasteiger partial charge in [0.25, 0.3) is 0 Å². The van der Waals surface area contributed by atoms with Gasteiger partial charge in [-0.25, -0.2) is 0 Å². The van der Waals surface area contributed by atoms with Crippen LogP contribution in [-0.4, -0.2) is 4.57 Å². The number of hydrogen-bond donors (Lipinski definition) is 0. The molecule has 0 fully saturated rings. The van der Waals surface area contributed by atoms with Gasteiger partial charge < -0.3 is 4.57 Å². The third-order valence-electron chi connectivity index (χ3n) is 8.58. The summed E-state index contributed by atoms with van der Waals surface area (Å²) < 4.78 is 3.74. The van der Waals surface area contributed by atoms with Crippen LogP contribution in [0.25, 0.3) is 80.7 Å². The van der Waals surface area contributed by atoms with E-state index in [-0.39, 0.29) is 0 Å². The molecule has 0 atom stereocenters. The molecule has 1 nitrogen and oxygen atoms in total. The topological polar surface area (TPSA) is 4.93 Å². The van der Waals surface area contributed by atoms with Gasteiger partial charge in [0.05, 0.1) is 5.52 Å². The first-order valence-corrected chi connectivity index (χ1v) is 15.2. The van der Waals surface area contributed by atoms with E-state index in [1.165, 1.54) is 80.7 Å². The van der Waals surface area contributed by atoms with Gasteiger partial charge in [-0.15, -0.1) is 11.3 Å². The van der Waals surface area contributed by atoms with Crippen LogP contribution in [-0.2, 0) is 0 Å². The molecule has 2 heterocycles. The molecule has 2 heteroatoms. The van der Waals surface area contributed by atoms with E-state index < -0.39 is 0 Å². The Hall–Kier alpha value is -5.18. The maximum absolute atomic E-state index is 2.44. The lowest BCUT2D eigenvalue weighted by molar-refractivity contribution is 1.19. The van der Waals surface area contributed by atoms with Gasteiger partial charge in [-0.05, 0) is 74.1 Å². The van der Waals surface area contributed by atoms with Crippen LogP contribution in [0.15, 0.2) is 152 Å². The summed E-state index contributed by atoms with van der Waals surface area (Å²) in [5, 5.41) is 9.10. The summed E-state index contributed by atoms with van der Waals surface area (Å²) in [4.78, 5) is 1.30. The SMILES string of the molecule is c1ccc(-c2c3ccccc3c(-c3ccc4sc5c(c4c3)c3ccccc3n5-c3ccccc3)c3ccccc23)cc1.